The quantitative estimate of drug-likeness (QED) is 0.124. The second kappa shape index (κ2) is 13.7. The number of carbonyl (C=O) groups is 1. The third-order valence-corrected chi connectivity index (χ3v) is 5.71. The average Bonchev–Trinajstić information content (AvgIpc) is 3.30. The summed E-state index contributed by atoms with van der Waals surface area (Å²) in [5.41, 5.74) is 8.54. The number of nitrogens with one attached hydrogen (secondary N) is 4. The minimum Gasteiger partial charge on any atom is -0.404 e. The van der Waals surface area contributed by atoms with Crippen LogP contribution in [0.2, 0.25) is 5.02 Å². The van der Waals surface area contributed by atoms with E-state index in [1.807, 2.05) is 30.3 Å². The van der Waals surface area contributed by atoms with Crippen LogP contribution < -0.4 is 16.4 Å². The second-order valence-corrected chi connectivity index (χ2v) is 8.70. The maximum Gasteiger partial charge on any atom is 0.258 e. The number of benzene rings is 2. The summed E-state index contributed by atoms with van der Waals surface area (Å²) < 4.78 is 1.67. The van der Waals surface area contributed by atoms with E-state index in [0.29, 0.717) is 33.7 Å². The van der Waals surface area contributed by atoms with Crippen LogP contribution in [-0.4, -0.2) is 33.1 Å². The summed E-state index contributed by atoms with van der Waals surface area (Å²) in [6.07, 6.45) is 6.33. The summed E-state index contributed by atoms with van der Waals surface area (Å²) in [6, 6.07) is 18.2. The average molecular weight is 543 g/mol. The summed E-state index contributed by atoms with van der Waals surface area (Å²) in [4.78, 5) is 16.9. The number of halogens is 1. The molecular weight excluding hydrogens is 512 g/mol. The number of hydrogen-bond donors (Lipinski definition) is 5. The number of nitrogens with two attached hydrogens (primary N) is 1. The van der Waals surface area contributed by atoms with Gasteiger partial charge in [0.15, 0.2) is 11.6 Å². The molecule has 0 saturated heterocycles. The molecule has 9 nitrogen and oxygen atoms in total. The predicted molar refractivity (Wildman–Crippen MR) is 162 cm³/mol. The van der Waals surface area contributed by atoms with Crippen molar-refractivity contribution in [3.63, 3.8) is 0 Å². The molecule has 2 aromatic heterocycles. The minimum absolute atomic E-state index is 0.232. The van der Waals surface area contributed by atoms with Gasteiger partial charge in [-0.25, -0.2) is 9.67 Å². The van der Waals surface area contributed by atoms with Crippen molar-refractivity contribution >= 4 is 63.7 Å². The van der Waals surface area contributed by atoms with Crippen molar-refractivity contribution in [3.8, 4) is 5.82 Å². The van der Waals surface area contributed by atoms with Crippen molar-refractivity contribution in [2.24, 2.45) is 5.73 Å². The van der Waals surface area contributed by atoms with Gasteiger partial charge in [-0.1, -0.05) is 62.2 Å². The molecule has 2 heterocycles. The lowest BCUT2D eigenvalue weighted by Gasteiger charge is -2.09. The summed E-state index contributed by atoms with van der Waals surface area (Å²) >= 11 is 6.52. The Morgan fingerprint density at radius 3 is 2.46 bits per heavy atom. The van der Waals surface area contributed by atoms with Crippen LogP contribution in [0.4, 0.5) is 17.3 Å². The van der Waals surface area contributed by atoms with Gasteiger partial charge in [-0.15, -0.1) is 5.10 Å². The maximum absolute atomic E-state index is 12.3. The molecule has 0 bridgehead atoms. The SMILES string of the molecule is C/C=C(\C=N)C(=O)Nc1cccc(-n2nc(Nc3ccc(/C(C=N)=C/N)cc3Cl)c3ccccc32)n1.CCC. The van der Waals surface area contributed by atoms with Gasteiger partial charge >= 0.3 is 0 Å². The molecule has 0 atom stereocenters. The molecule has 1 amide bonds. The molecule has 39 heavy (non-hydrogen) atoms. The number of nitrogens with zero attached hydrogens (tertiary/aromatic N) is 3. The van der Waals surface area contributed by atoms with Gasteiger partial charge in [0.05, 0.1) is 21.8 Å². The molecule has 0 aliphatic rings. The number of carbonyl (C=O) groups excluding carboxylic acids is 1. The highest BCUT2D eigenvalue weighted by Gasteiger charge is 2.15. The zero-order valence-electron chi connectivity index (χ0n) is 22.0. The monoisotopic (exact) mass is 542 g/mol. The van der Waals surface area contributed by atoms with Crippen LogP contribution in [0.15, 0.2) is 78.5 Å². The van der Waals surface area contributed by atoms with E-state index < -0.39 is 5.91 Å². The number of para-hydroxylation sites is 1. The molecule has 4 aromatic rings. The highest BCUT2D eigenvalue weighted by molar-refractivity contribution is 6.33. The molecule has 4 rings (SSSR count). The molecule has 0 aliphatic heterocycles. The standard InChI is InChI=1S/C26H23ClN8O.C3H8/c1-2-16(13-28)26(36)33-23-8-5-9-24(32-23)35-22-7-4-3-6-19(22)25(34-35)31-21-11-10-17(12-20(21)27)18(14-29)15-30;1-3-2/h2-15,28-29H,30H2,1H3,(H,31,34)(H,32,33,36);3H2,1-2H3/b16-2+,18-15+,28-13?,29-14?;. The number of amides is 1. The zero-order valence-corrected chi connectivity index (χ0v) is 22.8. The zero-order chi connectivity index (χ0) is 28.4. The molecule has 0 fully saturated rings. The van der Waals surface area contributed by atoms with E-state index in [-0.39, 0.29) is 5.57 Å². The van der Waals surface area contributed by atoms with Crippen molar-refractivity contribution in [2.75, 3.05) is 10.6 Å². The highest BCUT2D eigenvalue weighted by Crippen LogP contribution is 2.32. The number of anilines is 3. The van der Waals surface area contributed by atoms with Crippen LogP contribution in [0, 0.1) is 10.8 Å². The fraction of sp³-hybridized carbons (Fsp3) is 0.138. The molecule has 10 heteroatoms. The van der Waals surface area contributed by atoms with E-state index in [1.54, 1.807) is 48.0 Å². The number of fused-ring (bicyclic) bond motifs is 1. The van der Waals surface area contributed by atoms with Gasteiger partial charge in [0, 0.05) is 29.6 Å². The Hall–Kier alpha value is -4.76. The molecule has 2 aromatic carbocycles. The number of rotatable bonds is 8. The Labute approximate surface area is 232 Å². The Bertz CT molecular complexity index is 1550. The number of pyridine rings is 1. The Kier molecular flexibility index (Phi) is 10.1. The molecule has 200 valence electrons. The summed E-state index contributed by atoms with van der Waals surface area (Å²) in [6.45, 7) is 5.94. The highest BCUT2D eigenvalue weighted by atomic mass is 35.5. The topological polar surface area (TPSA) is 146 Å². The largest absolute Gasteiger partial charge is 0.404 e. The summed E-state index contributed by atoms with van der Waals surface area (Å²) in [5, 5.41) is 26.9. The number of aromatic nitrogens is 3. The molecule has 0 saturated carbocycles. The third-order valence-electron chi connectivity index (χ3n) is 5.40. The van der Waals surface area contributed by atoms with Crippen molar-refractivity contribution in [1.29, 1.82) is 10.8 Å². The lowest BCUT2D eigenvalue weighted by atomic mass is 10.1. The van der Waals surface area contributed by atoms with E-state index in [4.69, 9.17) is 33.3 Å². The van der Waals surface area contributed by atoms with Crippen molar-refractivity contribution < 1.29 is 4.79 Å². The maximum atomic E-state index is 12.3. The van der Waals surface area contributed by atoms with Gasteiger partial charge < -0.3 is 27.2 Å². The molecule has 0 aliphatic carbocycles. The molecule has 0 spiro atoms. The van der Waals surface area contributed by atoms with E-state index >= 15 is 0 Å². The predicted octanol–water partition coefficient (Wildman–Crippen LogP) is 6.72. The summed E-state index contributed by atoms with van der Waals surface area (Å²) in [7, 11) is 0. The van der Waals surface area contributed by atoms with Gasteiger partial charge in [-0.2, -0.15) is 0 Å². The first-order chi connectivity index (χ1) is 18.9. The summed E-state index contributed by atoms with van der Waals surface area (Å²) in [5.74, 6) is 0.984. The first-order valence-electron chi connectivity index (χ1n) is 12.3. The molecule has 6 N–H and O–H groups in total. The second-order valence-electron chi connectivity index (χ2n) is 8.29. The van der Waals surface area contributed by atoms with Crippen molar-refractivity contribution in [3.05, 3.63) is 89.1 Å². The van der Waals surface area contributed by atoms with Gasteiger partial charge in [-0.05, 0) is 48.9 Å². The van der Waals surface area contributed by atoms with Gasteiger partial charge in [0.1, 0.15) is 5.82 Å². The third kappa shape index (κ3) is 6.77. The minimum atomic E-state index is -0.418. The number of hydrogen-bond acceptors (Lipinski definition) is 7. The van der Waals surface area contributed by atoms with Gasteiger partial charge in [0.25, 0.3) is 5.91 Å². The van der Waals surface area contributed by atoms with E-state index in [9.17, 15) is 4.79 Å². The van der Waals surface area contributed by atoms with Crippen LogP contribution in [-0.2, 0) is 4.79 Å². The van der Waals surface area contributed by atoms with Crippen LogP contribution in [0.25, 0.3) is 22.3 Å². The van der Waals surface area contributed by atoms with E-state index in [2.05, 4.69) is 29.5 Å². The number of allylic oxidation sites excluding steroid dienone is 2. The smallest absolute Gasteiger partial charge is 0.258 e. The van der Waals surface area contributed by atoms with E-state index in [1.165, 1.54) is 18.8 Å². The molecule has 0 radical (unpaired) electrons. The first-order valence-corrected chi connectivity index (χ1v) is 12.7. The normalized spacial score (nSPS) is 11.4. The Balaban J connectivity index is 0.00000134. The first kappa shape index (κ1) is 28.8. The van der Waals surface area contributed by atoms with Crippen molar-refractivity contribution in [1.82, 2.24) is 14.8 Å². The fourth-order valence-corrected chi connectivity index (χ4v) is 3.79. The van der Waals surface area contributed by atoms with Crippen LogP contribution in [0.1, 0.15) is 32.8 Å². The molecule has 0 unspecified atom stereocenters. The van der Waals surface area contributed by atoms with Crippen molar-refractivity contribution in [2.45, 2.75) is 27.2 Å². The van der Waals surface area contributed by atoms with Crippen LogP contribution >= 0.6 is 11.6 Å². The Morgan fingerprint density at radius 1 is 1.08 bits per heavy atom. The lowest BCUT2D eigenvalue weighted by molar-refractivity contribution is -0.112. The lowest BCUT2D eigenvalue weighted by Crippen LogP contribution is -2.16. The van der Waals surface area contributed by atoms with Crippen LogP contribution in [0.5, 0.6) is 0 Å². The van der Waals surface area contributed by atoms with Gasteiger partial charge in [-0.3, -0.25) is 4.79 Å². The van der Waals surface area contributed by atoms with Gasteiger partial charge in [0.2, 0.25) is 0 Å². The van der Waals surface area contributed by atoms with Crippen LogP contribution in [0.3, 0.4) is 0 Å². The van der Waals surface area contributed by atoms with E-state index in [0.717, 1.165) is 22.7 Å². The molecular formula is C29H31ClN8O. The fourth-order valence-electron chi connectivity index (χ4n) is 3.56. The Morgan fingerprint density at radius 2 is 1.82 bits per heavy atom.